The van der Waals surface area contributed by atoms with Crippen LogP contribution in [0.25, 0.3) is 0 Å². The van der Waals surface area contributed by atoms with Crippen LogP contribution in [0.4, 0.5) is 16.2 Å². The first-order valence-electron chi connectivity index (χ1n) is 6.48. The van der Waals surface area contributed by atoms with Crippen molar-refractivity contribution in [1.82, 2.24) is 9.78 Å². The van der Waals surface area contributed by atoms with Crippen molar-refractivity contribution in [2.24, 2.45) is 0 Å². The van der Waals surface area contributed by atoms with E-state index in [4.69, 9.17) is 5.11 Å². The van der Waals surface area contributed by atoms with Gasteiger partial charge in [-0.1, -0.05) is 18.2 Å². The number of carbonyl (C=O) groups excluding carboxylic acids is 1. The first kappa shape index (κ1) is 14.6. The van der Waals surface area contributed by atoms with Crippen LogP contribution in [-0.4, -0.2) is 33.4 Å². The lowest BCUT2D eigenvalue weighted by Gasteiger charge is -2.20. The Morgan fingerprint density at radius 2 is 2.05 bits per heavy atom. The summed E-state index contributed by atoms with van der Waals surface area (Å²) in [6.45, 7) is 2.20. The molecule has 1 aromatic carbocycles. The molecule has 7 heteroatoms. The van der Waals surface area contributed by atoms with Crippen LogP contribution in [0.5, 0.6) is 0 Å². The quantitative estimate of drug-likeness (QED) is 0.881. The average molecular weight is 288 g/mol. The fourth-order valence-electron chi connectivity index (χ4n) is 1.82. The van der Waals surface area contributed by atoms with Crippen LogP contribution < -0.4 is 10.2 Å². The SMILES string of the molecule is CCn1cc(NC(=O)N(CC(=O)O)c2ccccc2)cn1. The van der Waals surface area contributed by atoms with E-state index in [2.05, 4.69) is 10.4 Å². The van der Waals surface area contributed by atoms with E-state index < -0.39 is 18.5 Å². The number of anilines is 2. The third-order valence-corrected chi connectivity index (χ3v) is 2.81. The number of amides is 2. The molecule has 0 aliphatic rings. The van der Waals surface area contributed by atoms with Gasteiger partial charge < -0.3 is 10.4 Å². The van der Waals surface area contributed by atoms with Gasteiger partial charge in [0.15, 0.2) is 0 Å². The maximum absolute atomic E-state index is 12.3. The molecule has 0 bridgehead atoms. The van der Waals surface area contributed by atoms with Crippen molar-refractivity contribution < 1.29 is 14.7 Å². The zero-order valence-electron chi connectivity index (χ0n) is 11.6. The number of aliphatic carboxylic acids is 1. The summed E-state index contributed by atoms with van der Waals surface area (Å²) >= 11 is 0. The Morgan fingerprint density at radius 3 is 2.62 bits per heavy atom. The van der Waals surface area contributed by atoms with Crippen molar-refractivity contribution in [2.45, 2.75) is 13.5 Å². The van der Waals surface area contributed by atoms with Gasteiger partial charge in [0.25, 0.3) is 0 Å². The summed E-state index contributed by atoms with van der Waals surface area (Å²) < 4.78 is 1.67. The van der Waals surface area contributed by atoms with Crippen LogP contribution in [-0.2, 0) is 11.3 Å². The summed E-state index contributed by atoms with van der Waals surface area (Å²) in [6, 6.07) is 8.13. The number of hydrogen-bond donors (Lipinski definition) is 2. The molecule has 0 unspecified atom stereocenters. The van der Waals surface area contributed by atoms with Crippen LogP contribution in [0.2, 0.25) is 0 Å². The highest BCUT2D eigenvalue weighted by molar-refractivity contribution is 6.04. The Hall–Kier alpha value is -2.83. The normalized spacial score (nSPS) is 10.1. The minimum atomic E-state index is -1.08. The van der Waals surface area contributed by atoms with Crippen molar-refractivity contribution in [3.05, 3.63) is 42.7 Å². The number of rotatable bonds is 5. The smallest absolute Gasteiger partial charge is 0.326 e. The highest BCUT2D eigenvalue weighted by Gasteiger charge is 2.19. The number of nitrogens with one attached hydrogen (secondary N) is 1. The van der Waals surface area contributed by atoms with Gasteiger partial charge in [-0.15, -0.1) is 0 Å². The fraction of sp³-hybridized carbons (Fsp3) is 0.214. The molecule has 0 aliphatic heterocycles. The number of urea groups is 1. The molecule has 21 heavy (non-hydrogen) atoms. The minimum Gasteiger partial charge on any atom is -0.480 e. The molecule has 0 spiro atoms. The zero-order chi connectivity index (χ0) is 15.2. The Morgan fingerprint density at radius 1 is 1.33 bits per heavy atom. The molecule has 2 aromatic rings. The molecule has 0 saturated carbocycles. The van der Waals surface area contributed by atoms with Crippen molar-refractivity contribution >= 4 is 23.4 Å². The number of hydrogen-bond acceptors (Lipinski definition) is 3. The van der Waals surface area contributed by atoms with Gasteiger partial charge in [0.1, 0.15) is 6.54 Å². The molecule has 0 fully saturated rings. The van der Waals surface area contributed by atoms with Gasteiger partial charge in [-0.2, -0.15) is 5.10 Å². The molecule has 0 atom stereocenters. The zero-order valence-corrected chi connectivity index (χ0v) is 11.6. The first-order valence-corrected chi connectivity index (χ1v) is 6.48. The second kappa shape index (κ2) is 6.56. The molecule has 2 rings (SSSR count). The van der Waals surface area contributed by atoms with E-state index in [1.807, 2.05) is 6.92 Å². The lowest BCUT2D eigenvalue weighted by molar-refractivity contribution is -0.135. The summed E-state index contributed by atoms with van der Waals surface area (Å²) in [6.07, 6.45) is 3.20. The highest BCUT2D eigenvalue weighted by atomic mass is 16.4. The molecule has 2 amide bonds. The molecular formula is C14H16N4O3. The Labute approximate surface area is 121 Å². The van der Waals surface area contributed by atoms with Crippen LogP contribution >= 0.6 is 0 Å². The maximum atomic E-state index is 12.3. The van der Waals surface area contributed by atoms with Gasteiger partial charge in [0.2, 0.25) is 0 Å². The standard InChI is InChI=1S/C14H16N4O3/c1-2-17-9-11(8-15-17)16-14(21)18(10-13(19)20)12-6-4-3-5-7-12/h3-9H,2,10H2,1H3,(H,16,21)(H,19,20). The molecule has 2 N–H and O–H groups in total. The molecule has 0 saturated heterocycles. The van der Waals surface area contributed by atoms with Gasteiger partial charge in [-0.3, -0.25) is 14.4 Å². The molecule has 0 radical (unpaired) electrons. The fourth-order valence-corrected chi connectivity index (χ4v) is 1.82. The van der Waals surface area contributed by atoms with Crippen LogP contribution in [0.1, 0.15) is 6.92 Å². The highest BCUT2D eigenvalue weighted by Crippen LogP contribution is 2.15. The van der Waals surface area contributed by atoms with Crippen molar-refractivity contribution in [3.63, 3.8) is 0 Å². The topological polar surface area (TPSA) is 87.5 Å². The molecular weight excluding hydrogens is 272 g/mol. The summed E-state index contributed by atoms with van der Waals surface area (Å²) in [4.78, 5) is 24.4. The first-order chi connectivity index (χ1) is 10.1. The van der Waals surface area contributed by atoms with E-state index in [9.17, 15) is 9.59 Å². The van der Waals surface area contributed by atoms with E-state index in [1.54, 1.807) is 41.2 Å². The van der Waals surface area contributed by atoms with Gasteiger partial charge in [-0.25, -0.2) is 4.79 Å². The molecule has 0 aliphatic carbocycles. The third-order valence-electron chi connectivity index (χ3n) is 2.81. The Bertz CT molecular complexity index is 624. The van der Waals surface area contributed by atoms with Crippen LogP contribution in [0.15, 0.2) is 42.7 Å². The van der Waals surface area contributed by atoms with E-state index in [0.29, 0.717) is 17.9 Å². The van der Waals surface area contributed by atoms with Crippen LogP contribution in [0.3, 0.4) is 0 Å². The average Bonchev–Trinajstić information content (AvgIpc) is 2.93. The van der Waals surface area contributed by atoms with Gasteiger partial charge >= 0.3 is 12.0 Å². The Kier molecular flexibility index (Phi) is 4.55. The summed E-state index contributed by atoms with van der Waals surface area (Å²) in [7, 11) is 0. The number of carbonyl (C=O) groups is 2. The van der Waals surface area contributed by atoms with E-state index in [0.717, 1.165) is 4.90 Å². The van der Waals surface area contributed by atoms with Crippen molar-refractivity contribution in [3.8, 4) is 0 Å². The third kappa shape index (κ3) is 3.82. The lowest BCUT2D eigenvalue weighted by atomic mass is 10.3. The maximum Gasteiger partial charge on any atom is 0.326 e. The predicted molar refractivity (Wildman–Crippen MR) is 78.3 cm³/mol. The predicted octanol–water partition coefficient (Wildman–Crippen LogP) is 2.03. The van der Waals surface area contributed by atoms with E-state index in [1.165, 1.54) is 6.20 Å². The molecule has 1 heterocycles. The van der Waals surface area contributed by atoms with E-state index >= 15 is 0 Å². The van der Waals surface area contributed by atoms with E-state index in [-0.39, 0.29) is 0 Å². The van der Waals surface area contributed by atoms with Crippen molar-refractivity contribution in [1.29, 1.82) is 0 Å². The summed E-state index contributed by atoms with van der Waals surface area (Å²) in [5.74, 6) is -1.08. The number of benzene rings is 1. The molecule has 7 nitrogen and oxygen atoms in total. The number of aryl methyl sites for hydroxylation is 1. The van der Waals surface area contributed by atoms with Crippen LogP contribution in [0, 0.1) is 0 Å². The summed E-state index contributed by atoms with van der Waals surface area (Å²) in [5, 5.41) is 15.7. The largest absolute Gasteiger partial charge is 0.480 e. The second-order valence-corrected chi connectivity index (χ2v) is 4.33. The lowest BCUT2D eigenvalue weighted by Crippen LogP contribution is -2.38. The number of aromatic nitrogens is 2. The van der Waals surface area contributed by atoms with Gasteiger partial charge in [0, 0.05) is 18.4 Å². The monoisotopic (exact) mass is 288 g/mol. The second-order valence-electron chi connectivity index (χ2n) is 4.33. The minimum absolute atomic E-state index is 0.419. The van der Waals surface area contributed by atoms with Crippen molar-refractivity contribution in [2.75, 3.05) is 16.8 Å². The van der Waals surface area contributed by atoms with Gasteiger partial charge in [-0.05, 0) is 19.1 Å². The Balaban J connectivity index is 2.16. The number of carboxylic acids is 1. The van der Waals surface area contributed by atoms with Gasteiger partial charge in [0.05, 0.1) is 11.9 Å². The number of para-hydroxylation sites is 1. The number of carboxylic acid groups (broad SMARTS) is 1. The molecule has 110 valence electrons. The number of nitrogens with zero attached hydrogens (tertiary/aromatic N) is 3. The molecule has 1 aromatic heterocycles. The summed E-state index contributed by atoms with van der Waals surface area (Å²) in [5.41, 5.74) is 1.04.